The number of hydrogen-bond donors (Lipinski definition) is 1. The van der Waals surface area contributed by atoms with Gasteiger partial charge in [0.05, 0.1) is 11.5 Å². The largest absolute Gasteiger partial charge is 0.494 e. The lowest BCUT2D eigenvalue weighted by Crippen LogP contribution is -2.19. The quantitative estimate of drug-likeness (QED) is 0.366. The van der Waals surface area contributed by atoms with E-state index in [2.05, 4.69) is 37.6 Å². The van der Waals surface area contributed by atoms with Gasteiger partial charge in [0.15, 0.2) is 0 Å². The summed E-state index contributed by atoms with van der Waals surface area (Å²) in [5, 5.41) is 0. The predicted molar refractivity (Wildman–Crippen MR) is 131 cm³/mol. The van der Waals surface area contributed by atoms with Gasteiger partial charge in [-0.2, -0.15) is 0 Å². The van der Waals surface area contributed by atoms with Crippen LogP contribution in [0, 0.1) is 0 Å². The van der Waals surface area contributed by atoms with Gasteiger partial charge in [0, 0.05) is 5.69 Å². The van der Waals surface area contributed by atoms with Crippen LogP contribution in [-0.2, 0) is 10.0 Å². The van der Waals surface area contributed by atoms with Crippen molar-refractivity contribution in [3.63, 3.8) is 0 Å². The summed E-state index contributed by atoms with van der Waals surface area (Å²) in [6.45, 7) is 15.3. The molecule has 0 saturated carbocycles. The van der Waals surface area contributed by atoms with E-state index in [1.807, 2.05) is 39.8 Å². The van der Waals surface area contributed by atoms with Crippen molar-refractivity contribution < 1.29 is 13.2 Å². The molecule has 0 atom stereocenters. The molecule has 0 amide bonds. The number of anilines is 1. The zero-order chi connectivity index (χ0) is 23.2. The third-order valence-corrected chi connectivity index (χ3v) is 6.98. The topological polar surface area (TPSA) is 55.4 Å². The number of unbranched alkanes of at least 4 members (excludes halogenated alkanes) is 2. The van der Waals surface area contributed by atoms with Crippen molar-refractivity contribution in [1.82, 2.24) is 0 Å². The van der Waals surface area contributed by atoms with Crippen molar-refractivity contribution in [3.8, 4) is 5.75 Å². The van der Waals surface area contributed by atoms with E-state index >= 15 is 0 Å². The van der Waals surface area contributed by atoms with Crippen LogP contribution in [0.1, 0.15) is 102 Å². The second kappa shape index (κ2) is 11.0. The average Bonchev–Trinajstić information content (AvgIpc) is 2.71. The molecule has 2 aromatic rings. The van der Waals surface area contributed by atoms with Gasteiger partial charge in [-0.3, -0.25) is 4.72 Å². The third-order valence-electron chi connectivity index (χ3n) is 5.47. The summed E-state index contributed by atoms with van der Waals surface area (Å²) in [6.07, 6.45) is 3.32. The van der Waals surface area contributed by atoms with Crippen molar-refractivity contribution in [2.45, 2.75) is 90.4 Å². The molecule has 0 aliphatic heterocycles. The zero-order valence-electron chi connectivity index (χ0n) is 20.2. The van der Waals surface area contributed by atoms with Crippen LogP contribution in [0.5, 0.6) is 5.75 Å². The van der Waals surface area contributed by atoms with Crippen LogP contribution in [0.15, 0.2) is 41.3 Å². The van der Waals surface area contributed by atoms with E-state index in [9.17, 15) is 8.42 Å². The molecule has 5 heteroatoms. The van der Waals surface area contributed by atoms with Gasteiger partial charge >= 0.3 is 0 Å². The maximum Gasteiger partial charge on any atom is 0.262 e. The molecule has 31 heavy (non-hydrogen) atoms. The second-order valence-corrected chi connectivity index (χ2v) is 10.8. The number of hydrogen-bond acceptors (Lipinski definition) is 3. The first-order valence-corrected chi connectivity index (χ1v) is 13.0. The molecule has 0 fully saturated rings. The third kappa shape index (κ3) is 6.73. The molecule has 0 unspecified atom stereocenters. The summed E-state index contributed by atoms with van der Waals surface area (Å²) >= 11 is 0. The average molecular weight is 446 g/mol. The Kier molecular flexibility index (Phi) is 8.99. The van der Waals surface area contributed by atoms with Crippen molar-refractivity contribution in [2.75, 3.05) is 11.3 Å². The molecule has 0 saturated heterocycles. The minimum atomic E-state index is -3.74. The van der Waals surface area contributed by atoms with Crippen molar-refractivity contribution in [1.29, 1.82) is 0 Å². The first-order valence-electron chi connectivity index (χ1n) is 11.5. The number of sulfonamides is 1. The highest BCUT2D eigenvalue weighted by molar-refractivity contribution is 7.92. The van der Waals surface area contributed by atoms with E-state index in [4.69, 9.17) is 4.74 Å². The monoisotopic (exact) mass is 445 g/mol. The molecule has 1 N–H and O–H groups in total. The normalized spacial score (nSPS) is 12.1. The Morgan fingerprint density at radius 2 is 1.39 bits per heavy atom. The SMILES string of the molecule is CCCCCOc1ccc(NS(=O)(=O)c2c(C(C)C)cc(C(C)C)cc2C(C)C)cc1. The van der Waals surface area contributed by atoms with Gasteiger partial charge in [-0.15, -0.1) is 0 Å². The predicted octanol–water partition coefficient (Wildman–Crippen LogP) is 7.43. The van der Waals surface area contributed by atoms with Gasteiger partial charge in [-0.25, -0.2) is 8.42 Å². The molecule has 0 radical (unpaired) electrons. The van der Waals surface area contributed by atoms with Crippen LogP contribution >= 0.6 is 0 Å². The number of ether oxygens (including phenoxy) is 1. The van der Waals surface area contributed by atoms with Crippen LogP contribution < -0.4 is 9.46 Å². The standard InChI is InChI=1S/C26H39NO3S/c1-8-9-10-15-30-23-13-11-22(12-14-23)27-31(28,29)26-24(19(4)5)16-21(18(2)3)17-25(26)20(6)7/h11-14,16-20,27H,8-10,15H2,1-7H3. The van der Waals surface area contributed by atoms with Gasteiger partial charge in [-0.05, 0) is 65.1 Å². The zero-order valence-corrected chi connectivity index (χ0v) is 21.0. The van der Waals surface area contributed by atoms with Crippen LogP contribution in [0.2, 0.25) is 0 Å². The Balaban J connectivity index is 2.36. The molecule has 2 aromatic carbocycles. The van der Waals surface area contributed by atoms with Gasteiger partial charge in [0.2, 0.25) is 0 Å². The van der Waals surface area contributed by atoms with Crippen molar-refractivity contribution >= 4 is 15.7 Å². The lowest BCUT2D eigenvalue weighted by molar-refractivity contribution is 0.306. The molecule has 0 aliphatic carbocycles. The highest BCUT2D eigenvalue weighted by Gasteiger charge is 2.27. The lowest BCUT2D eigenvalue weighted by Gasteiger charge is -2.23. The fourth-order valence-corrected chi connectivity index (χ4v) is 5.33. The highest BCUT2D eigenvalue weighted by atomic mass is 32.2. The summed E-state index contributed by atoms with van der Waals surface area (Å²) in [5.74, 6) is 1.29. The molecule has 0 spiro atoms. The van der Waals surface area contributed by atoms with E-state index in [0.717, 1.165) is 36.1 Å². The van der Waals surface area contributed by atoms with Gasteiger partial charge < -0.3 is 4.74 Å². The molecule has 0 aromatic heterocycles. The first-order chi connectivity index (χ1) is 14.6. The van der Waals surface area contributed by atoms with E-state index in [0.29, 0.717) is 23.1 Å². The molecule has 0 bridgehead atoms. The first kappa shape index (κ1) is 25.3. The number of nitrogens with one attached hydrogen (secondary N) is 1. The summed E-state index contributed by atoms with van der Waals surface area (Å²) < 4.78 is 35.6. The lowest BCUT2D eigenvalue weighted by atomic mass is 9.89. The fraction of sp³-hybridized carbons (Fsp3) is 0.538. The van der Waals surface area contributed by atoms with Crippen LogP contribution in [0.4, 0.5) is 5.69 Å². The van der Waals surface area contributed by atoms with Crippen molar-refractivity contribution in [2.24, 2.45) is 0 Å². The molecule has 0 heterocycles. The summed E-state index contributed by atoms with van der Waals surface area (Å²) in [5.41, 5.74) is 3.46. The summed E-state index contributed by atoms with van der Waals surface area (Å²) in [7, 11) is -3.74. The van der Waals surface area contributed by atoms with Crippen LogP contribution in [0.25, 0.3) is 0 Å². The Morgan fingerprint density at radius 1 is 0.839 bits per heavy atom. The van der Waals surface area contributed by atoms with E-state index in [1.165, 1.54) is 5.56 Å². The van der Waals surface area contributed by atoms with Crippen LogP contribution in [0.3, 0.4) is 0 Å². The van der Waals surface area contributed by atoms with Crippen molar-refractivity contribution in [3.05, 3.63) is 53.1 Å². The number of benzene rings is 2. The molecular weight excluding hydrogens is 406 g/mol. The highest BCUT2D eigenvalue weighted by Crippen LogP contribution is 2.36. The van der Waals surface area contributed by atoms with Crippen LogP contribution in [-0.4, -0.2) is 15.0 Å². The molecular formula is C26H39NO3S. The van der Waals surface area contributed by atoms with Gasteiger partial charge in [-0.1, -0.05) is 73.4 Å². The maximum atomic E-state index is 13.5. The minimum Gasteiger partial charge on any atom is -0.494 e. The Labute approximate surface area is 189 Å². The van der Waals surface area contributed by atoms with Gasteiger partial charge in [0.25, 0.3) is 10.0 Å². The Hall–Kier alpha value is -2.01. The fourth-order valence-electron chi connectivity index (χ4n) is 3.57. The van der Waals surface area contributed by atoms with E-state index in [1.54, 1.807) is 12.1 Å². The number of rotatable bonds is 11. The van der Waals surface area contributed by atoms with E-state index < -0.39 is 10.0 Å². The minimum absolute atomic E-state index is 0.0988. The maximum absolute atomic E-state index is 13.5. The Morgan fingerprint density at radius 3 is 1.84 bits per heavy atom. The Bertz CT molecular complexity index is 916. The van der Waals surface area contributed by atoms with Gasteiger partial charge in [0.1, 0.15) is 5.75 Å². The molecule has 0 aliphatic rings. The second-order valence-electron chi connectivity index (χ2n) is 9.18. The smallest absolute Gasteiger partial charge is 0.262 e. The molecule has 2 rings (SSSR count). The molecule has 172 valence electrons. The van der Waals surface area contributed by atoms with E-state index in [-0.39, 0.29) is 11.8 Å². The summed E-state index contributed by atoms with van der Waals surface area (Å²) in [6, 6.07) is 11.3. The molecule has 4 nitrogen and oxygen atoms in total. The summed E-state index contributed by atoms with van der Waals surface area (Å²) in [4.78, 5) is 0.418.